The van der Waals surface area contributed by atoms with E-state index < -0.39 is 0 Å². The molecular weight excluding hydrogens is 308 g/mol. The molecule has 1 aliphatic rings. The number of rotatable bonds is 5. The molecule has 1 atom stereocenters. The maximum Gasteiger partial charge on any atom is 0.266 e. The summed E-state index contributed by atoms with van der Waals surface area (Å²) in [5.41, 5.74) is 6.49. The Hall–Kier alpha value is -1.82. The second-order valence-corrected chi connectivity index (χ2v) is 7.04. The maximum absolute atomic E-state index is 12.7. The van der Waals surface area contributed by atoms with Crippen LogP contribution in [0, 0.1) is 0 Å². The molecule has 23 heavy (non-hydrogen) atoms. The van der Waals surface area contributed by atoms with Gasteiger partial charge in [0.25, 0.3) is 5.91 Å². The number of amides is 1. The average molecular weight is 332 g/mol. The van der Waals surface area contributed by atoms with Crippen LogP contribution in [0.4, 0.5) is 5.69 Å². The molecule has 0 aromatic carbocycles. The van der Waals surface area contributed by atoms with E-state index in [9.17, 15) is 4.79 Å². The van der Waals surface area contributed by atoms with Crippen LogP contribution in [-0.2, 0) is 6.54 Å². The Balaban J connectivity index is 1.72. The number of nitrogen functional groups attached to an aromatic ring is 1. The Morgan fingerprint density at radius 3 is 3.13 bits per heavy atom. The number of hydrogen-bond acceptors (Lipinski definition) is 4. The topological polar surface area (TPSA) is 64.2 Å². The van der Waals surface area contributed by atoms with E-state index in [0.717, 1.165) is 44.7 Å². The molecule has 0 spiro atoms. The summed E-state index contributed by atoms with van der Waals surface area (Å²) in [6.07, 6.45) is 8.37. The second kappa shape index (κ2) is 7.17. The van der Waals surface area contributed by atoms with Gasteiger partial charge in [-0.25, -0.2) is 4.98 Å². The third-order valence-electron chi connectivity index (χ3n) is 4.46. The molecule has 0 saturated carbocycles. The van der Waals surface area contributed by atoms with E-state index >= 15 is 0 Å². The van der Waals surface area contributed by atoms with E-state index in [1.165, 1.54) is 17.8 Å². The van der Waals surface area contributed by atoms with Gasteiger partial charge in [-0.15, -0.1) is 11.3 Å². The van der Waals surface area contributed by atoms with Gasteiger partial charge < -0.3 is 15.2 Å². The summed E-state index contributed by atoms with van der Waals surface area (Å²) < 4.78 is 2.25. The van der Waals surface area contributed by atoms with Crippen LogP contribution < -0.4 is 5.73 Å². The fourth-order valence-corrected chi connectivity index (χ4v) is 3.99. The van der Waals surface area contributed by atoms with Crippen LogP contribution >= 0.6 is 11.3 Å². The van der Waals surface area contributed by atoms with E-state index in [2.05, 4.69) is 22.7 Å². The van der Waals surface area contributed by atoms with Gasteiger partial charge >= 0.3 is 0 Å². The fourth-order valence-electron chi connectivity index (χ4n) is 3.21. The van der Waals surface area contributed by atoms with Gasteiger partial charge in [0.1, 0.15) is 10.7 Å². The summed E-state index contributed by atoms with van der Waals surface area (Å²) >= 11 is 1.43. The summed E-state index contributed by atoms with van der Waals surface area (Å²) in [5, 5.41) is 1.88. The van der Waals surface area contributed by atoms with Gasteiger partial charge in [-0.2, -0.15) is 0 Å². The number of thiophene rings is 1. The summed E-state index contributed by atoms with van der Waals surface area (Å²) in [7, 11) is 0. The number of nitrogens with two attached hydrogens (primary N) is 1. The van der Waals surface area contributed by atoms with Gasteiger partial charge in [-0.05, 0) is 30.7 Å². The molecule has 2 aromatic rings. The summed E-state index contributed by atoms with van der Waals surface area (Å²) in [6, 6.07) is 1.80. The predicted octanol–water partition coefficient (Wildman–Crippen LogP) is 3.35. The molecule has 0 aliphatic carbocycles. The maximum atomic E-state index is 12.7. The van der Waals surface area contributed by atoms with Crippen molar-refractivity contribution in [2.45, 2.75) is 45.1 Å². The van der Waals surface area contributed by atoms with E-state index in [1.807, 2.05) is 16.5 Å². The van der Waals surface area contributed by atoms with Gasteiger partial charge in [-0.3, -0.25) is 4.79 Å². The average Bonchev–Trinajstić information content (AvgIpc) is 3.21. The number of aryl methyl sites for hydroxylation is 1. The molecule has 3 rings (SSSR count). The van der Waals surface area contributed by atoms with Crippen molar-refractivity contribution in [3.05, 3.63) is 34.5 Å². The van der Waals surface area contributed by atoms with E-state index in [0.29, 0.717) is 16.5 Å². The predicted molar refractivity (Wildman–Crippen MR) is 93.7 cm³/mol. The number of likely N-dealkylation sites (tertiary alicyclic amines) is 1. The van der Waals surface area contributed by atoms with Crippen molar-refractivity contribution in [2.75, 3.05) is 18.8 Å². The molecule has 0 bridgehead atoms. The standard InChI is InChI=1S/C17H24N4OS/c1-2-3-8-20-10-7-19-16(20)13-5-4-9-21(12-13)17(22)15-14(18)6-11-23-15/h6-7,10-11,13H,2-5,8-9,12,18H2,1H3/t13-/m1/s1. The molecule has 0 unspecified atom stereocenters. The summed E-state index contributed by atoms with van der Waals surface area (Å²) in [4.78, 5) is 19.9. The monoisotopic (exact) mass is 332 g/mol. The molecule has 6 heteroatoms. The molecular formula is C17H24N4OS. The van der Waals surface area contributed by atoms with E-state index in [1.54, 1.807) is 6.07 Å². The number of unbranched alkanes of at least 4 members (excludes halogenated alkanes) is 1. The third-order valence-corrected chi connectivity index (χ3v) is 5.38. The summed E-state index contributed by atoms with van der Waals surface area (Å²) in [6.45, 7) is 4.75. The molecule has 1 saturated heterocycles. The minimum atomic E-state index is 0.0638. The summed E-state index contributed by atoms with van der Waals surface area (Å²) in [5.74, 6) is 1.50. The van der Waals surface area contributed by atoms with Crippen molar-refractivity contribution in [2.24, 2.45) is 0 Å². The molecule has 0 radical (unpaired) electrons. The van der Waals surface area contributed by atoms with E-state index in [4.69, 9.17) is 5.73 Å². The Morgan fingerprint density at radius 2 is 2.39 bits per heavy atom. The smallest absolute Gasteiger partial charge is 0.266 e. The lowest BCUT2D eigenvalue weighted by Crippen LogP contribution is -2.39. The van der Waals surface area contributed by atoms with Crippen molar-refractivity contribution >= 4 is 22.9 Å². The number of carbonyl (C=O) groups is 1. The van der Waals surface area contributed by atoms with Crippen molar-refractivity contribution < 1.29 is 4.79 Å². The number of piperidine rings is 1. The largest absolute Gasteiger partial charge is 0.397 e. The van der Waals surface area contributed by atoms with Gasteiger partial charge in [0.2, 0.25) is 0 Å². The lowest BCUT2D eigenvalue weighted by atomic mass is 9.97. The highest BCUT2D eigenvalue weighted by molar-refractivity contribution is 7.12. The first-order valence-electron chi connectivity index (χ1n) is 8.34. The van der Waals surface area contributed by atoms with Gasteiger partial charge in [0, 0.05) is 37.9 Å². The van der Waals surface area contributed by atoms with Crippen LogP contribution in [0.25, 0.3) is 0 Å². The highest BCUT2D eigenvalue weighted by Crippen LogP contribution is 2.29. The number of nitrogens with zero attached hydrogens (tertiary/aromatic N) is 3. The zero-order valence-corrected chi connectivity index (χ0v) is 14.4. The van der Waals surface area contributed by atoms with Crippen molar-refractivity contribution in [1.82, 2.24) is 14.5 Å². The zero-order valence-electron chi connectivity index (χ0n) is 13.6. The Bertz CT molecular complexity index is 663. The van der Waals surface area contributed by atoms with Crippen LogP contribution in [0.15, 0.2) is 23.8 Å². The number of carbonyl (C=O) groups excluding carboxylic acids is 1. The van der Waals surface area contributed by atoms with Gasteiger partial charge in [0.05, 0.1) is 5.69 Å². The zero-order chi connectivity index (χ0) is 16.2. The Kier molecular flexibility index (Phi) is 5.00. The molecule has 2 N–H and O–H groups in total. The van der Waals surface area contributed by atoms with Crippen molar-refractivity contribution in [3.8, 4) is 0 Å². The third kappa shape index (κ3) is 3.42. The molecule has 124 valence electrons. The van der Waals surface area contributed by atoms with Crippen molar-refractivity contribution in [1.29, 1.82) is 0 Å². The van der Waals surface area contributed by atoms with Crippen LogP contribution in [0.1, 0.15) is 54.0 Å². The second-order valence-electron chi connectivity index (χ2n) is 6.13. The normalized spacial score (nSPS) is 18.3. The first kappa shape index (κ1) is 16.1. The number of hydrogen-bond donors (Lipinski definition) is 1. The highest BCUT2D eigenvalue weighted by atomic mass is 32.1. The quantitative estimate of drug-likeness (QED) is 0.913. The van der Waals surface area contributed by atoms with Gasteiger partial charge in [0.15, 0.2) is 0 Å². The lowest BCUT2D eigenvalue weighted by molar-refractivity contribution is 0.0709. The van der Waals surface area contributed by atoms with Crippen LogP contribution in [-0.4, -0.2) is 33.4 Å². The molecule has 1 amide bonds. The minimum Gasteiger partial charge on any atom is -0.397 e. The van der Waals surface area contributed by atoms with Crippen LogP contribution in [0.2, 0.25) is 0 Å². The minimum absolute atomic E-state index is 0.0638. The first-order valence-corrected chi connectivity index (χ1v) is 9.22. The molecule has 1 fully saturated rings. The SMILES string of the molecule is CCCCn1ccnc1[C@@H]1CCCN(C(=O)c2sccc2N)C1. The van der Waals surface area contributed by atoms with Gasteiger partial charge in [-0.1, -0.05) is 13.3 Å². The molecule has 5 nitrogen and oxygen atoms in total. The van der Waals surface area contributed by atoms with E-state index in [-0.39, 0.29) is 5.91 Å². The van der Waals surface area contributed by atoms with Crippen molar-refractivity contribution in [3.63, 3.8) is 0 Å². The Labute approximate surface area is 141 Å². The van der Waals surface area contributed by atoms with Crippen LogP contribution in [0.3, 0.4) is 0 Å². The number of aromatic nitrogens is 2. The molecule has 1 aliphatic heterocycles. The first-order chi connectivity index (χ1) is 11.2. The molecule has 2 aromatic heterocycles. The fraction of sp³-hybridized carbons (Fsp3) is 0.529. The number of anilines is 1. The lowest BCUT2D eigenvalue weighted by Gasteiger charge is -2.32. The number of imidazole rings is 1. The Morgan fingerprint density at radius 1 is 1.52 bits per heavy atom. The molecule has 3 heterocycles. The highest BCUT2D eigenvalue weighted by Gasteiger charge is 2.29. The van der Waals surface area contributed by atoms with Crippen LogP contribution in [0.5, 0.6) is 0 Å².